The van der Waals surface area contributed by atoms with Gasteiger partial charge in [0.25, 0.3) is 11.7 Å². The first-order valence-electron chi connectivity index (χ1n) is 9.06. The quantitative estimate of drug-likeness (QED) is 0.372. The molecule has 6 heteroatoms. The first kappa shape index (κ1) is 19.1. The number of benzene rings is 2. The van der Waals surface area contributed by atoms with Gasteiger partial charge in [0.15, 0.2) is 0 Å². The van der Waals surface area contributed by atoms with Crippen LogP contribution >= 0.6 is 11.3 Å². The fourth-order valence-corrected chi connectivity index (χ4v) is 4.28. The van der Waals surface area contributed by atoms with Crippen molar-refractivity contribution in [2.45, 2.75) is 19.9 Å². The van der Waals surface area contributed by atoms with E-state index in [2.05, 4.69) is 0 Å². The Balaban J connectivity index is 1.92. The monoisotopic (exact) mass is 407 g/mol. The summed E-state index contributed by atoms with van der Waals surface area (Å²) in [5.41, 5.74) is 2.94. The van der Waals surface area contributed by atoms with Crippen molar-refractivity contribution in [1.29, 1.82) is 0 Å². The number of carbonyl (C=O) groups is 2. The van der Waals surface area contributed by atoms with Crippen LogP contribution in [0, 0.1) is 19.7 Å². The maximum Gasteiger partial charge on any atom is 0.300 e. The van der Waals surface area contributed by atoms with Crippen molar-refractivity contribution in [2.75, 3.05) is 4.90 Å². The van der Waals surface area contributed by atoms with Gasteiger partial charge in [0.2, 0.25) is 0 Å². The van der Waals surface area contributed by atoms with Crippen LogP contribution in [0.2, 0.25) is 0 Å². The fourth-order valence-electron chi connectivity index (χ4n) is 3.45. The van der Waals surface area contributed by atoms with Crippen LogP contribution in [0.3, 0.4) is 0 Å². The lowest BCUT2D eigenvalue weighted by molar-refractivity contribution is -0.132. The second kappa shape index (κ2) is 7.29. The second-order valence-electron chi connectivity index (χ2n) is 6.96. The molecule has 0 aliphatic carbocycles. The third kappa shape index (κ3) is 3.25. The third-order valence-corrected chi connectivity index (χ3v) is 6.07. The Bertz CT molecular complexity index is 1130. The summed E-state index contributed by atoms with van der Waals surface area (Å²) in [7, 11) is 0. The average molecular weight is 407 g/mol. The van der Waals surface area contributed by atoms with Crippen LogP contribution < -0.4 is 4.90 Å². The van der Waals surface area contributed by atoms with Crippen molar-refractivity contribution >= 4 is 34.5 Å². The van der Waals surface area contributed by atoms with Gasteiger partial charge in [-0.2, -0.15) is 0 Å². The minimum atomic E-state index is -0.761. The topological polar surface area (TPSA) is 57.6 Å². The molecule has 3 aromatic rings. The van der Waals surface area contributed by atoms with Gasteiger partial charge in [-0.25, -0.2) is 4.39 Å². The van der Waals surface area contributed by atoms with Crippen LogP contribution in [-0.2, 0) is 9.59 Å². The number of thiophene rings is 1. The Labute approximate surface area is 171 Å². The normalized spacial score (nSPS) is 18.4. The van der Waals surface area contributed by atoms with Crippen LogP contribution in [-0.4, -0.2) is 16.8 Å². The largest absolute Gasteiger partial charge is 0.507 e. The van der Waals surface area contributed by atoms with E-state index >= 15 is 0 Å². The van der Waals surface area contributed by atoms with Crippen molar-refractivity contribution in [3.05, 3.63) is 92.9 Å². The van der Waals surface area contributed by atoms with Crippen LogP contribution in [0.4, 0.5) is 10.1 Å². The molecule has 1 fully saturated rings. The van der Waals surface area contributed by atoms with Crippen molar-refractivity contribution in [3.8, 4) is 0 Å². The highest BCUT2D eigenvalue weighted by Crippen LogP contribution is 2.43. The summed E-state index contributed by atoms with van der Waals surface area (Å²) >= 11 is 1.40. The molecule has 1 aliphatic heterocycles. The van der Waals surface area contributed by atoms with Crippen LogP contribution in [0.25, 0.3) is 5.76 Å². The Morgan fingerprint density at radius 2 is 1.76 bits per heavy atom. The van der Waals surface area contributed by atoms with Gasteiger partial charge in [-0.3, -0.25) is 14.5 Å². The van der Waals surface area contributed by atoms with Crippen molar-refractivity contribution < 1.29 is 19.1 Å². The van der Waals surface area contributed by atoms with E-state index in [9.17, 15) is 19.1 Å². The SMILES string of the molecule is Cc1ccc(N2C(=O)C(=O)/C(=C(\O)c3ccc(F)cc3)C2c2cccs2)cc1C. The number of aliphatic hydroxyl groups excluding tert-OH is 1. The van der Waals surface area contributed by atoms with Gasteiger partial charge in [-0.1, -0.05) is 12.1 Å². The average Bonchev–Trinajstić information content (AvgIpc) is 3.32. The molecule has 2 aromatic carbocycles. The molecule has 1 unspecified atom stereocenters. The van der Waals surface area contributed by atoms with Crippen molar-refractivity contribution in [2.24, 2.45) is 0 Å². The van der Waals surface area contributed by atoms with Crippen LogP contribution in [0.5, 0.6) is 0 Å². The van der Waals surface area contributed by atoms with E-state index in [0.29, 0.717) is 5.69 Å². The molecule has 4 nitrogen and oxygen atoms in total. The Morgan fingerprint density at radius 1 is 1.03 bits per heavy atom. The summed E-state index contributed by atoms with van der Waals surface area (Å²) in [4.78, 5) is 28.1. The minimum absolute atomic E-state index is 0.00212. The molecule has 1 aromatic heterocycles. The maximum atomic E-state index is 13.3. The van der Waals surface area contributed by atoms with Gasteiger partial charge in [-0.05, 0) is 72.8 Å². The number of halogens is 1. The van der Waals surface area contributed by atoms with Gasteiger partial charge < -0.3 is 5.11 Å². The van der Waals surface area contributed by atoms with E-state index in [0.717, 1.165) is 16.0 Å². The maximum absolute atomic E-state index is 13.3. The molecule has 1 saturated heterocycles. The van der Waals surface area contributed by atoms with E-state index in [1.807, 2.05) is 43.5 Å². The van der Waals surface area contributed by atoms with Gasteiger partial charge in [0, 0.05) is 16.1 Å². The zero-order chi connectivity index (χ0) is 20.7. The van der Waals surface area contributed by atoms with Crippen molar-refractivity contribution in [1.82, 2.24) is 0 Å². The number of aryl methyl sites for hydroxylation is 2. The second-order valence-corrected chi connectivity index (χ2v) is 7.94. The highest BCUT2D eigenvalue weighted by atomic mass is 32.1. The van der Waals surface area contributed by atoms with Crippen molar-refractivity contribution in [3.63, 3.8) is 0 Å². The van der Waals surface area contributed by atoms with E-state index in [1.165, 1.54) is 40.5 Å². The predicted molar refractivity (Wildman–Crippen MR) is 111 cm³/mol. The first-order chi connectivity index (χ1) is 13.9. The molecule has 29 heavy (non-hydrogen) atoms. The van der Waals surface area contributed by atoms with E-state index < -0.39 is 23.5 Å². The number of anilines is 1. The Kier molecular flexibility index (Phi) is 4.80. The van der Waals surface area contributed by atoms with E-state index in [-0.39, 0.29) is 16.9 Å². The predicted octanol–water partition coefficient (Wildman–Crippen LogP) is 5.13. The third-order valence-electron chi connectivity index (χ3n) is 5.14. The van der Waals surface area contributed by atoms with Gasteiger partial charge in [0.1, 0.15) is 17.6 Å². The summed E-state index contributed by atoms with van der Waals surface area (Å²) < 4.78 is 13.3. The smallest absolute Gasteiger partial charge is 0.300 e. The van der Waals surface area contributed by atoms with E-state index in [4.69, 9.17) is 0 Å². The number of Topliss-reactive ketones (excluding diaryl/α,β-unsaturated/α-hetero) is 1. The molecule has 1 N–H and O–H groups in total. The lowest BCUT2D eigenvalue weighted by Crippen LogP contribution is -2.29. The standard InChI is InChI=1S/C23H18FNO3S/c1-13-5-10-17(12-14(13)2)25-20(18-4-3-11-29-18)19(22(27)23(25)28)21(26)15-6-8-16(24)9-7-15/h3-12,20,26H,1-2H3/b21-19-. The summed E-state index contributed by atoms with van der Waals surface area (Å²) in [6.45, 7) is 3.91. The molecule has 1 aliphatic rings. The molecular formula is C23H18FNO3S. The number of hydrogen-bond acceptors (Lipinski definition) is 4. The summed E-state index contributed by atoms with van der Waals surface area (Å²) in [5, 5.41) is 12.7. The first-order valence-corrected chi connectivity index (χ1v) is 9.94. The van der Waals surface area contributed by atoms with E-state index in [1.54, 1.807) is 6.07 Å². The number of amides is 1. The zero-order valence-electron chi connectivity index (χ0n) is 15.8. The van der Waals surface area contributed by atoms with Gasteiger partial charge >= 0.3 is 0 Å². The molecule has 4 rings (SSSR count). The number of hydrogen-bond donors (Lipinski definition) is 1. The molecule has 0 saturated carbocycles. The number of aliphatic hydroxyl groups is 1. The Morgan fingerprint density at radius 3 is 2.38 bits per heavy atom. The molecule has 0 radical (unpaired) electrons. The number of ketones is 1. The lowest BCUT2D eigenvalue weighted by Gasteiger charge is -2.24. The molecule has 0 spiro atoms. The van der Waals surface area contributed by atoms with Crippen LogP contribution in [0.1, 0.15) is 27.6 Å². The summed E-state index contributed by atoms with van der Waals surface area (Å²) in [6.07, 6.45) is 0. The van der Waals surface area contributed by atoms with Gasteiger partial charge in [-0.15, -0.1) is 11.3 Å². The van der Waals surface area contributed by atoms with Gasteiger partial charge in [0.05, 0.1) is 5.57 Å². The summed E-state index contributed by atoms with van der Waals surface area (Å²) in [6, 6.07) is 13.6. The molecule has 146 valence electrons. The lowest BCUT2D eigenvalue weighted by atomic mass is 9.99. The molecule has 0 bridgehead atoms. The molecular weight excluding hydrogens is 389 g/mol. The summed E-state index contributed by atoms with van der Waals surface area (Å²) in [5.74, 6) is -2.22. The number of nitrogens with zero attached hydrogens (tertiary/aromatic N) is 1. The fraction of sp³-hybridized carbons (Fsp3) is 0.130. The molecule has 2 heterocycles. The minimum Gasteiger partial charge on any atom is -0.507 e. The Hall–Kier alpha value is -3.25. The highest BCUT2D eigenvalue weighted by Gasteiger charge is 2.47. The number of rotatable bonds is 3. The number of carbonyl (C=O) groups excluding carboxylic acids is 2. The molecule has 1 amide bonds. The highest BCUT2D eigenvalue weighted by molar-refractivity contribution is 7.10. The zero-order valence-corrected chi connectivity index (χ0v) is 16.7. The van der Waals surface area contributed by atoms with Crippen LogP contribution in [0.15, 0.2) is 65.6 Å². The molecule has 1 atom stereocenters.